The molecular formula is C25H27FN2O6. The van der Waals surface area contributed by atoms with Gasteiger partial charge in [-0.2, -0.15) is 0 Å². The highest BCUT2D eigenvalue weighted by Crippen LogP contribution is 2.43. The second-order valence-electron chi connectivity index (χ2n) is 8.06. The molecule has 0 saturated carbocycles. The molecule has 34 heavy (non-hydrogen) atoms. The first-order valence-electron chi connectivity index (χ1n) is 11.0. The summed E-state index contributed by atoms with van der Waals surface area (Å²) in [6.07, 6.45) is 0. The van der Waals surface area contributed by atoms with Crippen molar-refractivity contribution in [2.45, 2.75) is 6.04 Å². The molecule has 1 amide bonds. The molecular weight excluding hydrogens is 443 g/mol. The first kappa shape index (κ1) is 23.7. The van der Waals surface area contributed by atoms with E-state index in [0.717, 1.165) is 13.1 Å². The van der Waals surface area contributed by atoms with Crippen LogP contribution in [0.1, 0.15) is 17.2 Å². The summed E-state index contributed by atoms with van der Waals surface area (Å²) in [4.78, 5) is 30.0. The van der Waals surface area contributed by atoms with Gasteiger partial charge in [0.25, 0.3) is 11.7 Å². The number of ketones is 1. The summed E-state index contributed by atoms with van der Waals surface area (Å²) in [5.41, 5.74) is 0.663. The molecule has 2 heterocycles. The van der Waals surface area contributed by atoms with Gasteiger partial charge in [0.2, 0.25) is 0 Å². The van der Waals surface area contributed by atoms with Gasteiger partial charge in [-0.1, -0.05) is 0 Å². The Morgan fingerprint density at radius 2 is 1.76 bits per heavy atom. The van der Waals surface area contributed by atoms with E-state index in [0.29, 0.717) is 36.8 Å². The molecule has 9 heteroatoms. The number of rotatable bonds is 7. The lowest BCUT2D eigenvalue weighted by molar-refractivity contribution is -0.140. The Balaban J connectivity index is 1.81. The Morgan fingerprint density at radius 3 is 2.41 bits per heavy atom. The number of nitrogens with zero attached hydrogens (tertiary/aromatic N) is 2. The molecule has 2 aliphatic heterocycles. The summed E-state index contributed by atoms with van der Waals surface area (Å²) in [6.45, 7) is 3.47. The van der Waals surface area contributed by atoms with Crippen LogP contribution in [0, 0.1) is 5.82 Å². The second-order valence-corrected chi connectivity index (χ2v) is 8.06. The number of Topliss-reactive ketones (excluding diaryl/α,β-unsaturated/α-hetero) is 1. The molecule has 2 saturated heterocycles. The average Bonchev–Trinajstić information content (AvgIpc) is 3.12. The normalized spacial score (nSPS) is 20.6. The van der Waals surface area contributed by atoms with E-state index < -0.39 is 23.5 Å². The fourth-order valence-electron chi connectivity index (χ4n) is 4.32. The SMILES string of the molecule is COc1ccc(OC)c(C2/C(=C(\O)c3ccc(F)cc3)C(=O)C(=O)N2CCN2CCOCC2)c1. The van der Waals surface area contributed by atoms with Gasteiger partial charge in [-0.15, -0.1) is 0 Å². The zero-order valence-electron chi connectivity index (χ0n) is 19.1. The molecule has 1 unspecified atom stereocenters. The summed E-state index contributed by atoms with van der Waals surface area (Å²) < 4.78 is 29.7. The van der Waals surface area contributed by atoms with E-state index in [9.17, 15) is 19.1 Å². The lowest BCUT2D eigenvalue weighted by Crippen LogP contribution is -2.42. The largest absolute Gasteiger partial charge is 0.507 e. The van der Waals surface area contributed by atoms with Gasteiger partial charge in [0.15, 0.2) is 0 Å². The number of carbonyl (C=O) groups excluding carboxylic acids is 2. The van der Waals surface area contributed by atoms with E-state index in [1.54, 1.807) is 18.2 Å². The molecule has 1 N–H and O–H groups in total. The first-order valence-corrected chi connectivity index (χ1v) is 11.0. The van der Waals surface area contributed by atoms with Crippen molar-refractivity contribution in [3.63, 3.8) is 0 Å². The maximum atomic E-state index is 13.5. The van der Waals surface area contributed by atoms with Crippen LogP contribution in [0.3, 0.4) is 0 Å². The lowest BCUT2D eigenvalue weighted by Gasteiger charge is -2.31. The van der Waals surface area contributed by atoms with E-state index in [4.69, 9.17) is 14.2 Å². The van der Waals surface area contributed by atoms with Crippen molar-refractivity contribution in [3.05, 3.63) is 65.0 Å². The van der Waals surface area contributed by atoms with Crippen LogP contribution in [0.25, 0.3) is 5.76 Å². The summed E-state index contributed by atoms with van der Waals surface area (Å²) in [5.74, 6) is -1.42. The second kappa shape index (κ2) is 10.2. The molecule has 0 aromatic heterocycles. The smallest absolute Gasteiger partial charge is 0.295 e. The molecule has 0 aliphatic carbocycles. The number of aliphatic hydroxyl groups is 1. The number of carbonyl (C=O) groups is 2. The molecule has 1 atom stereocenters. The minimum absolute atomic E-state index is 0.0786. The van der Waals surface area contributed by atoms with Crippen LogP contribution < -0.4 is 9.47 Å². The van der Waals surface area contributed by atoms with Crippen LogP contribution in [-0.2, 0) is 14.3 Å². The number of morpholine rings is 1. The van der Waals surface area contributed by atoms with Crippen molar-refractivity contribution >= 4 is 17.4 Å². The van der Waals surface area contributed by atoms with Crippen molar-refractivity contribution in [1.82, 2.24) is 9.80 Å². The van der Waals surface area contributed by atoms with Crippen molar-refractivity contribution in [2.75, 3.05) is 53.6 Å². The minimum Gasteiger partial charge on any atom is -0.507 e. The fourth-order valence-corrected chi connectivity index (χ4v) is 4.32. The van der Waals surface area contributed by atoms with E-state index >= 15 is 0 Å². The fraction of sp³-hybridized carbons (Fsp3) is 0.360. The van der Waals surface area contributed by atoms with Gasteiger partial charge in [0.05, 0.1) is 39.0 Å². The topological polar surface area (TPSA) is 88.5 Å². The third-order valence-corrected chi connectivity index (χ3v) is 6.15. The van der Waals surface area contributed by atoms with Gasteiger partial charge in [0.1, 0.15) is 23.1 Å². The molecule has 8 nitrogen and oxygen atoms in total. The van der Waals surface area contributed by atoms with Crippen LogP contribution in [0.2, 0.25) is 0 Å². The highest BCUT2D eigenvalue weighted by Gasteiger charge is 2.47. The van der Waals surface area contributed by atoms with Gasteiger partial charge in [-0.05, 0) is 42.5 Å². The van der Waals surface area contributed by atoms with Gasteiger partial charge >= 0.3 is 0 Å². The molecule has 2 aliphatic rings. The Hall–Kier alpha value is -3.43. The van der Waals surface area contributed by atoms with Crippen molar-refractivity contribution < 1.29 is 33.3 Å². The summed E-state index contributed by atoms with van der Waals surface area (Å²) in [6, 6.07) is 9.29. The van der Waals surface area contributed by atoms with E-state index in [-0.39, 0.29) is 23.4 Å². The Bertz CT molecular complexity index is 1100. The van der Waals surface area contributed by atoms with Crippen LogP contribution in [0.4, 0.5) is 4.39 Å². The number of hydrogen-bond acceptors (Lipinski definition) is 7. The predicted octanol–water partition coefficient (Wildman–Crippen LogP) is 2.60. The number of hydrogen-bond donors (Lipinski definition) is 1. The Kier molecular flexibility index (Phi) is 7.14. The number of methoxy groups -OCH3 is 2. The Labute approximate surface area is 197 Å². The molecule has 0 spiro atoms. The number of benzene rings is 2. The number of amides is 1. The highest BCUT2D eigenvalue weighted by atomic mass is 19.1. The third kappa shape index (κ3) is 4.62. The van der Waals surface area contributed by atoms with E-state index in [1.165, 1.54) is 43.4 Å². The molecule has 4 rings (SSSR count). The minimum atomic E-state index is -0.906. The van der Waals surface area contributed by atoms with Crippen LogP contribution in [0.5, 0.6) is 11.5 Å². The number of aliphatic hydroxyl groups excluding tert-OH is 1. The van der Waals surface area contributed by atoms with Gasteiger partial charge in [-0.25, -0.2) is 4.39 Å². The Morgan fingerprint density at radius 1 is 1.06 bits per heavy atom. The van der Waals surface area contributed by atoms with Gasteiger partial charge in [0, 0.05) is 37.3 Å². The molecule has 2 fully saturated rings. The monoisotopic (exact) mass is 470 g/mol. The standard InChI is InChI=1S/C25H27FN2O6/c1-32-18-7-8-20(33-2)19(15-18)22-21(23(29)16-3-5-17(26)6-4-16)24(30)25(31)28(22)10-9-27-11-13-34-14-12-27/h3-8,15,22,29H,9-14H2,1-2H3/b23-21+. The number of ether oxygens (including phenoxy) is 3. The number of likely N-dealkylation sites (tertiary alicyclic amines) is 1. The van der Waals surface area contributed by atoms with E-state index in [1.807, 2.05) is 0 Å². The average molecular weight is 470 g/mol. The summed E-state index contributed by atoms with van der Waals surface area (Å²) in [5, 5.41) is 11.1. The summed E-state index contributed by atoms with van der Waals surface area (Å²) in [7, 11) is 3.00. The zero-order chi connectivity index (χ0) is 24.2. The first-order chi connectivity index (χ1) is 16.4. The molecule has 0 bridgehead atoms. The van der Waals surface area contributed by atoms with Crippen LogP contribution >= 0.6 is 0 Å². The molecule has 2 aromatic rings. The third-order valence-electron chi connectivity index (χ3n) is 6.15. The van der Waals surface area contributed by atoms with Crippen LogP contribution in [-0.4, -0.2) is 80.2 Å². The van der Waals surface area contributed by atoms with Crippen molar-refractivity contribution in [3.8, 4) is 11.5 Å². The molecule has 2 aromatic carbocycles. The maximum Gasteiger partial charge on any atom is 0.295 e. The van der Waals surface area contributed by atoms with Gasteiger partial charge < -0.3 is 24.2 Å². The van der Waals surface area contributed by atoms with Gasteiger partial charge in [-0.3, -0.25) is 14.5 Å². The highest BCUT2D eigenvalue weighted by molar-refractivity contribution is 6.46. The maximum absolute atomic E-state index is 13.5. The summed E-state index contributed by atoms with van der Waals surface area (Å²) >= 11 is 0. The lowest BCUT2D eigenvalue weighted by atomic mass is 9.94. The van der Waals surface area contributed by atoms with E-state index in [2.05, 4.69) is 4.90 Å². The zero-order valence-corrected chi connectivity index (χ0v) is 19.1. The van der Waals surface area contributed by atoms with Crippen LogP contribution in [0.15, 0.2) is 48.0 Å². The quantitative estimate of drug-likeness (QED) is 0.378. The molecule has 0 radical (unpaired) electrons. The number of halogens is 1. The van der Waals surface area contributed by atoms with Crippen molar-refractivity contribution in [2.24, 2.45) is 0 Å². The predicted molar refractivity (Wildman–Crippen MR) is 122 cm³/mol. The molecule has 180 valence electrons. The van der Waals surface area contributed by atoms with Crippen molar-refractivity contribution in [1.29, 1.82) is 0 Å².